The minimum Gasteiger partial charge on any atom is -0.309 e. The van der Waals surface area contributed by atoms with E-state index in [0.717, 1.165) is 60.5 Å². The molecule has 1 nitrogen and oxygen atoms in total. The molecule has 4 heteroatoms. The van der Waals surface area contributed by atoms with E-state index in [0.29, 0.717) is 0 Å². The van der Waals surface area contributed by atoms with Crippen LogP contribution in [0.3, 0.4) is 0 Å². The van der Waals surface area contributed by atoms with Crippen LogP contribution in [0.1, 0.15) is 5.56 Å². The molecule has 0 aliphatic heterocycles. The van der Waals surface area contributed by atoms with E-state index in [4.69, 9.17) is 0 Å². The fraction of sp³-hybridized carbons (Fsp3) is 0.0196. The number of hydrogen-bond donors (Lipinski definition) is 0. The van der Waals surface area contributed by atoms with Crippen molar-refractivity contribution in [1.29, 1.82) is 0 Å². The van der Waals surface area contributed by atoms with Gasteiger partial charge < -0.3 is 4.57 Å². The number of halogens is 3. The molecule has 0 atom stereocenters. The first-order valence-corrected chi connectivity index (χ1v) is 18.3. The maximum atomic E-state index is 13.5. The normalized spacial score (nSPS) is 11.9. The third kappa shape index (κ3) is 5.57. The van der Waals surface area contributed by atoms with Gasteiger partial charge in [0.2, 0.25) is 0 Å². The maximum Gasteiger partial charge on any atom is 0.416 e. The van der Waals surface area contributed by atoms with E-state index in [1.165, 1.54) is 45.2 Å². The highest BCUT2D eigenvalue weighted by Crippen LogP contribution is 2.45. The summed E-state index contributed by atoms with van der Waals surface area (Å²) in [5.41, 5.74) is 11.3. The molecule has 1 heterocycles. The quantitative estimate of drug-likeness (QED) is 0.156. The fourth-order valence-corrected chi connectivity index (χ4v) is 8.27. The summed E-state index contributed by atoms with van der Waals surface area (Å²) in [6.45, 7) is 0. The van der Waals surface area contributed by atoms with Gasteiger partial charge in [-0.2, -0.15) is 13.2 Å². The van der Waals surface area contributed by atoms with E-state index in [9.17, 15) is 13.2 Å². The van der Waals surface area contributed by atoms with E-state index < -0.39 is 11.7 Å². The van der Waals surface area contributed by atoms with E-state index in [1.807, 2.05) is 30.3 Å². The van der Waals surface area contributed by atoms with Crippen molar-refractivity contribution in [2.24, 2.45) is 0 Å². The Morgan fingerprint density at radius 3 is 1.25 bits per heavy atom. The van der Waals surface area contributed by atoms with Crippen LogP contribution in [0.25, 0.3) is 93.5 Å². The van der Waals surface area contributed by atoms with Crippen molar-refractivity contribution in [3.05, 3.63) is 200 Å². The summed E-state index contributed by atoms with van der Waals surface area (Å²) in [5, 5.41) is 6.47. The van der Waals surface area contributed by atoms with Gasteiger partial charge in [-0.1, -0.05) is 152 Å². The van der Waals surface area contributed by atoms with Gasteiger partial charge in [0.1, 0.15) is 0 Å². The van der Waals surface area contributed by atoms with Crippen LogP contribution in [-0.4, -0.2) is 4.57 Å². The molecular weight excluding hydrogens is 684 g/mol. The van der Waals surface area contributed by atoms with Crippen LogP contribution < -0.4 is 0 Å². The minimum atomic E-state index is -4.39. The largest absolute Gasteiger partial charge is 0.416 e. The second kappa shape index (κ2) is 12.9. The van der Waals surface area contributed by atoms with E-state index >= 15 is 0 Å². The number of rotatable bonds is 5. The number of fused-ring (bicyclic) bond motifs is 5. The monoisotopic (exact) mass is 715 g/mol. The molecule has 10 aromatic rings. The van der Waals surface area contributed by atoms with Crippen molar-refractivity contribution in [3.63, 3.8) is 0 Å². The Morgan fingerprint density at radius 2 is 0.709 bits per heavy atom. The summed E-state index contributed by atoms with van der Waals surface area (Å²) in [6.07, 6.45) is -4.39. The van der Waals surface area contributed by atoms with Gasteiger partial charge in [-0.25, -0.2) is 0 Å². The first-order chi connectivity index (χ1) is 26.9. The van der Waals surface area contributed by atoms with Crippen LogP contribution in [0.15, 0.2) is 194 Å². The van der Waals surface area contributed by atoms with E-state index in [1.54, 1.807) is 12.1 Å². The molecule has 1 aromatic heterocycles. The minimum absolute atomic E-state index is 0.654. The summed E-state index contributed by atoms with van der Waals surface area (Å²) in [7, 11) is 0. The lowest BCUT2D eigenvalue weighted by Gasteiger charge is -2.18. The van der Waals surface area contributed by atoms with Gasteiger partial charge in [0, 0.05) is 16.5 Å². The number of nitrogens with zero attached hydrogens (tertiary/aromatic N) is 1. The second-order valence-corrected chi connectivity index (χ2v) is 14.0. The van der Waals surface area contributed by atoms with Gasteiger partial charge in [0.15, 0.2) is 0 Å². The third-order valence-corrected chi connectivity index (χ3v) is 10.8. The molecule has 0 aliphatic rings. The summed E-state index contributed by atoms with van der Waals surface area (Å²) >= 11 is 0. The number of alkyl halides is 3. The molecule has 0 saturated carbocycles. The SMILES string of the molecule is FC(F)(F)c1ccc(-c2c3ccccc3c(-c3ccc(-n4c5ccccc5c5cc(-c6ccc(-c7ccccc7)cc6)ccc54)cc3)c3ccccc23)cc1. The fourth-order valence-electron chi connectivity index (χ4n) is 8.27. The first-order valence-electron chi connectivity index (χ1n) is 18.3. The predicted molar refractivity (Wildman–Crippen MR) is 223 cm³/mol. The summed E-state index contributed by atoms with van der Waals surface area (Å²) < 4.78 is 42.8. The van der Waals surface area contributed by atoms with Crippen molar-refractivity contribution in [1.82, 2.24) is 4.57 Å². The summed E-state index contributed by atoms with van der Waals surface area (Å²) in [4.78, 5) is 0. The first kappa shape index (κ1) is 32.7. The Kier molecular flexibility index (Phi) is 7.67. The van der Waals surface area contributed by atoms with Crippen molar-refractivity contribution in [2.75, 3.05) is 0 Å². The third-order valence-electron chi connectivity index (χ3n) is 10.8. The zero-order valence-electron chi connectivity index (χ0n) is 29.6. The van der Waals surface area contributed by atoms with Crippen LogP contribution in [0, 0.1) is 0 Å². The molecule has 0 unspecified atom stereocenters. The average Bonchev–Trinajstić information content (AvgIpc) is 3.56. The van der Waals surface area contributed by atoms with Crippen LogP contribution in [0.2, 0.25) is 0 Å². The van der Waals surface area contributed by atoms with Crippen molar-refractivity contribution in [2.45, 2.75) is 6.18 Å². The molecule has 0 saturated heterocycles. The Bertz CT molecular complexity index is 2970. The highest BCUT2D eigenvalue weighted by Gasteiger charge is 2.30. The molecule has 9 aromatic carbocycles. The van der Waals surface area contributed by atoms with Crippen LogP contribution in [0.4, 0.5) is 13.2 Å². The molecular formula is C51H32F3N. The molecule has 0 aliphatic carbocycles. The molecule has 0 bridgehead atoms. The lowest BCUT2D eigenvalue weighted by Crippen LogP contribution is -2.04. The predicted octanol–water partition coefficient (Wildman–Crippen LogP) is 14.8. The average molecular weight is 716 g/mol. The van der Waals surface area contributed by atoms with Gasteiger partial charge in [0.25, 0.3) is 0 Å². The van der Waals surface area contributed by atoms with Gasteiger partial charge in [0.05, 0.1) is 16.6 Å². The second-order valence-electron chi connectivity index (χ2n) is 14.0. The Balaban J connectivity index is 1.08. The molecule has 0 spiro atoms. The van der Waals surface area contributed by atoms with Crippen LogP contribution in [0.5, 0.6) is 0 Å². The van der Waals surface area contributed by atoms with Gasteiger partial charge in [-0.3, -0.25) is 0 Å². The molecule has 0 N–H and O–H groups in total. The van der Waals surface area contributed by atoms with E-state index in [-0.39, 0.29) is 0 Å². The molecule has 0 amide bonds. The van der Waals surface area contributed by atoms with Crippen molar-refractivity contribution >= 4 is 43.4 Å². The zero-order chi connectivity index (χ0) is 37.1. The molecule has 0 radical (unpaired) electrons. The lowest BCUT2D eigenvalue weighted by atomic mass is 9.86. The maximum absolute atomic E-state index is 13.5. The Morgan fingerprint density at radius 1 is 0.309 bits per heavy atom. The standard InChI is InChI=1S/C51H32F3N/c52-51(53,54)39-27-22-36(23-28-39)49-42-13-4-6-15-44(42)50(45-16-7-5-14-43(45)49)37-24-29-40(30-25-37)55-47-17-9-8-12-41(47)46-32-38(26-31-48(46)55)35-20-18-34(19-21-35)33-10-2-1-3-11-33/h1-32H. The molecule has 10 rings (SSSR count). The highest BCUT2D eigenvalue weighted by molar-refractivity contribution is 6.21. The van der Waals surface area contributed by atoms with Crippen LogP contribution >= 0.6 is 0 Å². The van der Waals surface area contributed by atoms with Crippen LogP contribution in [-0.2, 0) is 6.18 Å². The topological polar surface area (TPSA) is 4.93 Å². The van der Waals surface area contributed by atoms with Crippen molar-refractivity contribution < 1.29 is 13.2 Å². The smallest absolute Gasteiger partial charge is 0.309 e. The Hall–Kier alpha value is -6.91. The van der Waals surface area contributed by atoms with Gasteiger partial charge in [-0.15, -0.1) is 0 Å². The highest BCUT2D eigenvalue weighted by atomic mass is 19.4. The lowest BCUT2D eigenvalue weighted by molar-refractivity contribution is -0.137. The summed E-state index contributed by atoms with van der Waals surface area (Å²) in [5.74, 6) is 0. The number of para-hydroxylation sites is 1. The zero-order valence-corrected chi connectivity index (χ0v) is 29.6. The molecule has 262 valence electrons. The number of benzene rings is 9. The van der Waals surface area contributed by atoms with Crippen molar-refractivity contribution in [3.8, 4) is 50.2 Å². The number of aromatic nitrogens is 1. The molecule has 55 heavy (non-hydrogen) atoms. The van der Waals surface area contributed by atoms with Gasteiger partial charge in [-0.05, 0) is 109 Å². The van der Waals surface area contributed by atoms with Gasteiger partial charge >= 0.3 is 6.18 Å². The molecule has 0 fully saturated rings. The Labute approximate surface area is 316 Å². The van der Waals surface area contributed by atoms with E-state index in [2.05, 4.69) is 144 Å². The number of hydrogen-bond acceptors (Lipinski definition) is 0. The summed E-state index contributed by atoms with van der Waals surface area (Å²) in [6, 6.07) is 65.1.